The van der Waals surface area contributed by atoms with E-state index in [0.717, 1.165) is 11.4 Å². The van der Waals surface area contributed by atoms with Gasteiger partial charge in [0.2, 0.25) is 10.0 Å². The van der Waals surface area contributed by atoms with Crippen LogP contribution in [0.2, 0.25) is 0 Å². The van der Waals surface area contributed by atoms with Gasteiger partial charge in [0, 0.05) is 35.4 Å². The van der Waals surface area contributed by atoms with Crippen molar-refractivity contribution in [3.05, 3.63) is 29.0 Å². The van der Waals surface area contributed by atoms with Crippen molar-refractivity contribution in [3.8, 4) is 0 Å². The van der Waals surface area contributed by atoms with Crippen LogP contribution in [0.15, 0.2) is 29.0 Å². The molecule has 20 heavy (non-hydrogen) atoms. The largest absolute Gasteiger partial charge is 0.309 e. The second kappa shape index (κ2) is 6.39. The van der Waals surface area contributed by atoms with Crippen molar-refractivity contribution in [2.75, 3.05) is 6.54 Å². The molecule has 0 unspecified atom stereocenters. The summed E-state index contributed by atoms with van der Waals surface area (Å²) in [5, 5.41) is 5.13. The highest BCUT2D eigenvalue weighted by Gasteiger charge is 2.27. The van der Waals surface area contributed by atoms with Gasteiger partial charge in [-0.3, -0.25) is 0 Å². The molecule has 1 saturated carbocycles. The first-order valence-corrected chi connectivity index (χ1v) is 9.20. The van der Waals surface area contributed by atoms with Gasteiger partial charge < -0.3 is 5.32 Å². The van der Waals surface area contributed by atoms with E-state index >= 15 is 0 Å². The van der Waals surface area contributed by atoms with Gasteiger partial charge >= 0.3 is 0 Å². The van der Waals surface area contributed by atoms with Gasteiger partial charge in [0.15, 0.2) is 0 Å². The van der Waals surface area contributed by atoms with Crippen molar-refractivity contribution >= 4 is 21.4 Å². The van der Waals surface area contributed by atoms with Gasteiger partial charge in [0.05, 0.1) is 4.90 Å². The average molecular weight is 314 g/mol. The molecular formula is C14H22N2O2S2. The third-order valence-corrected chi connectivity index (χ3v) is 6.37. The molecule has 0 aromatic carbocycles. The zero-order chi connectivity index (χ0) is 14.8. The van der Waals surface area contributed by atoms with Gasteiger partial charge in [-0.25, -0.2) is 8.42 Å². The van der Waals surface area contributed by atoms with E-state index in [4.69, 9.17) is 0 Å². The van der Waals surface area contributed by atoms with Crippen LogP contribution in [0.4, 0.5) is 0 Å². The highest BCUT2D eigenvalue weighted by molar-refractivity contribution is 7.89. The number of sulfonamides is 1. The Morgan fingerprint density at radius 2 is 2.25 bits per heavy atom. The van der Waals surface area contributed by atoms with Crippen molar-refractivity contribution in [1.29, 1.82) is 0 Å². The smallest absolute Gasteiger partial charge is 0.244 e. The highest BCUT2D eigenvalue weighted by Crippen LogP contribution is 2.25. The molecule has 1 aromatic heterocycles. The molecule has 0 radical (unpaired) electrons. The van der Waals surface area contributed by atoms with E-state index in [-0.39, 0.29) is 6.04 Å². The van der Waals surface area contributed by atoms with Crippen molar-refractivity contribution < 1.29 is 8.42 Å². The van der Waals surface area contributed by atoms with Crippen molar-refractivity contribution in [2.45, 2.75) is 50.2 Å². The van der Waals surface area contributed by atoms with Gasteiger partial charge in [-0.1, -0.05) is 6.08 Å². The maximum Gasteiger partial charge on any atom is 0.244 e. The van der Waals surface area contributed by atoms with Gasteiger partial charge in [-0.2, -0.15) is 4.31 Å². The number of thiophene rings is 1. The Morgan fingerprint density at radius 3 is 2.80 bits per heavy atom. The number of nitrogens with zero attached hydrogens (tertiary/aromatic N) is 1. The fourth-order valence-electron chi connectivity index (χ4n) is 1.97. The second-order valence-electron chi connectivity index (χ2n) is 5.36. The lowest BCUT2D eigenvalue weighted by Crippen LogP contribution is -2.36. The summed E-state index contributed by atoms with van der Waals surface area (Å²) in [5.41, 5.74) is 0. The number of hydrogen-bond donors (Lipinski definition) is 1. The summed E-state index contributed by atoms with van der Waals surface area (Å²) in [4.78, 5) is 1.46. The fraction of sp³-hybridized carbons (Fsp3) is 0.571. The van der Waals surface area contributed by atoms with Crippen molar-refractivity contribution in [1.82, 2.24) is 9.62 Å². The molecule has 1 aliphatic rings. The Labute approximate surface area is 125 Å². The minimum Gasteiger partial charge on any atom is -0.309 e. The third kappa shape index (κ3) is 3.69. The Hall–Kier alpha value is -0.690. The average Bonchev–Trinajstić information content (AvgIpc) is 3.09. The lowest BCUT2D eigenvalue weighted by Gasteiger charge is -2.23. The summed E-state index contributed by atoms with van der Waals surface area (Å²) in [6.07, 6.45) is 4.09. The molecule has 1 fully saturated rings. The van der Waals surface area contributed by atoms with E-state index in [2.05, 4.69) is 11.9 Å². The lowest BCUT2D eigenvalue weighted by molar-refractivity contribution is 0.383. The third-order valence-electron chi connectivity index (χ3n) is 3.26. The molecule has 0 aliphatic heterocycles. The molecular weight excluding hydrogens is 292 g/mol. The maximum absolute atomic E-state index is 12.6. The molecule has 0 spiro atoms. The van der Waals surface area contributed by atoms with Crippen molar-refractivity contribution in [3.63, 3.8) is 0 Å². The summed E-state index contributed by atoms with van der Waals surface area (Å²) in [6.45, 7) is 8.49. The SMILES string of the molecule is C=CCN(C(C)C)S(=O)(=O)c1csc(CNC2CC2)c1. The van der Waals surface area contributed by atoms with Gasteiger partial charge in [0.25, 0.3) is 0 Å². The first kappa shape index (κ1) is 15.7. The topological polar surface area (TPSA) is 49.4 Å². The van der Waals surface area contributed by atoms with Crippen LogP contribution in [0.5, 0.6) is 0 Å². The quantitative estimate of drug-likeness (QED) is 0.750. The predicted molar refractivity (Wildman–Crippen MR) is 83.4 cm³/mol. The summed E-state index contributed by atoms with van der Waals surface area (Å²) in [7, 11) is -3.42. The van der Waals surface area contributed by atoms with Crippen LogP contribution in [0.3, 0.4) is 0 Å². The molecule has 1 aliphatic carbocycles. The Kier molecular flexibility index (Phi) is 5.01. The minimum absolute atomic E-state index is 0.0778. The van der Waals surface area contributed by atoms with Crippen LogP contribution in [0, 0.1) is 0 Å². The molecule has 4 nitrogen and oxygen atoms in total. The molecule has 1 N–H and O–H groups in total. The molecule has 2 rings (SSSR count). The van der Waals surface area contributed by atoms with E-state index in [9.17, 15) is 8.42 Å². The molecule has 1 heterocycles. The van der Waals surface area contributed by atoms with Crippen LogP contribution >= 0.6 is 11.3 Å². The monoisotopic (exact) mass is 314 g/mol. The van der Waals surface area contributed by atoms with Gasteiger partial charge in [0.1, 0.15) is 0 Å². The molecule has 0 saturated heterocycles. The Balaban J connectivity index is 2.12. The van der Waals surface area contributed by atoms with E-state index in [0.29, 0.717) is 17.5 Å². The molecule has 6 heteroatoms. The Morgan fingerprint density at radius 1 is 1.55 bits per heavy atom. The first-order chi connectivity index (χ1) is 9.45. The normalized spacial score (nSPS) is 16.0. The van der Waals surface area contributed by atoms with Crippen LogP contribution in [0.25, 0.3) is 0 Å². The van der Waals surface area contributed by atoms with Crippen LogP contribution in [-0.4, -0.2) is 31.4 Å². The standard InChI is InChI=1S/C14H22N2O2S2/c1-4-7-16(11(2)3)20(17,18)14-8-13(19-10-14)9-15-12-5-6-12/h4,8,10-12,15H,1,5-7,9H2,2-3H3. The Bertz CT molecular complexity index is 559. The summed E-state index contributed by atoms with van der Waals surface area (Å²) in [6, 6.07) is 2.34. The van der Waals surface area contributed by atoms with E-state index in [1.165, 1.54) is 28.5 Å². The summed E-state index contributed by atoms with van der Waals surface area (Å²) >= 11 is 1.50. The van der Waals surface area contributed by atoms with E-state index in [1.54, 1.807) is 17.5 Å². The molecule has 0 amide bonds. The number of rotatable bonds is 8. The zero-order valence-corrected chi connectivity index (χ0v) is 13.6. The van der Waals surface area contributed by atoms with Gasteiger partial charge in [-0.15, -0.1) is 17.9 Å². The minimum atomic E-state index is -3.42. The molecule has 112 valence electrons. The lowest BCUT2D eigenvalue weighted by atomic mass is 10.4. The summed E-state index contributed by atoms with van der Waals surface area (Å²) in [5.74, 6) is 0. The van der Waals surface area contributed by atoms with Crippen LogP contribution in [-0.2, 0) is 16.6 Å². The first-order valence-electron chi connectivity index (χ1n) is 6.88. The van der Waals surface area contributed by atoms with Crippen LogP contribution in [0.1, 0.15) is 31.6 Å². The molecule has 1 aromatic rings. The number of nitrogens with one attached hydrogen (secondary N) is 1. The number of hydrogen-bond acceptors (Lipinski definition) is 4. The molecule has 0 atom stereocenters. The summed E-state index contributed by atoms with van der Waals surface area (Å²) < 4.78 is 26.7. The van der Waals surface area contributed by atoms with E-state index < -0.39 is 10.0 Å². The van der Waals surface area contributed by atoms with E-state index in [1.807, 2.05) is 13.8 Å². The molecule has 0 bridgehead atoms. The predicted octanol–water partition coefficient (Wildman–Crippen LogP) is 2.59. The fourth-order valence-corrected chi connectivity index (χ4v) is 4.79. The van der Waals surface area contributed by atoms with Gasteiger partial charge in [-0.05, 0) is 32.8 Å². The highest BCUT2D eigenvalue weighted by atomic mass is 32.2. The second-order valence-corrected chi connectivity index (χ2v) is 8.25. The zero-order valence-electron chi connectivity index (χ0n) is 12.0. The van der Waals surface area contributed by atoms with Crippen LogP contribution < -0.4 is 5.32 Å². The van der Waals surface area contributed by atoms with Crippen molar-refractivity contribution in [2.24, 2.45) is 0 Å². The maximum atomic E-state index is 12.6.